The highest BCUT2D eigenvalue weighted by molar-refractivity contribution is 8.01. The maximum Gasteiger partial charge on any atom is 0.268 e. The van der Waals surface area contributed by atoms with E-state index in [2.05, 4.69) is 79.4 Å². The lowest BCUT2D eigenvalue weighted by molar-refractivity contribution is -0.123. The Labute approximate surface area is 317 Å². The highest BCUT2D eigenvalue weighted by Crippen LogP contribution is 2.39. The average molecular weight is 737 g/mol. The molecule has 2 amide bonds. The number of carbonyl (C=O) groups is 2. The first kappa shape index (κ1) is 38.0. The van der Waals surface area contributed by atoms with Crippen molar-refractivity contribution in [3.05, 3.63) is 83.9 Å². The number of nitrogens with one attached hydrogen (secondary N) is 1. The molecule has 2 atom stereocenters. The normalized spacial score (nSPS) is 17.2. The van der Waals surface area contributed by atoms with Crippen molar-refractivity contribution < 1.29 is 14.3 Å². The molecule has 0 bridgehead atoms. The molecule has 12 heteroatoms. The number of hydrazone groups is 1. The fourth-order valence-electron chi connectivity index (χ4n) is 6.52. The molecule has 2 aliphatic heterocycles. The summed E-state index contributed by atoms with van der Waals surface area (Å²) in [5.41, 5.74) is 4.31. The molecule has 0 spiro atoms. The van der Waals surface area contributed by atoms with Gasteiger partial charge in [-0.2, -0.15) is 14.8 Å². The number of benzene rings is 3. The Kier molecular flexibility index (Phi) is 11.6. The molecule has 0 radical (unpaired) electrons. The first-order valence-corrected chi connectivity index (χ1v) is 19.7. The SMILES string of the molecule is CCC(Oc1ccc(C(C)(C)CC)cc1C(C)(C)CC)C(=O)Nc1ccc(N2N=C(N3CCCCC3)C(Sc3nnnn3-c3ccccc3)C2=O)cc1. The molecule has 1 saturated heterocycles. The summed E-state index contributed by atoms with van der Waals surface area (Å²) in [5.74, 6) is 1.05. The molecule has 2 aliphatic rings. The number of amidine groups is 1. The number of thioether (sulfide) groups is 1. The summed E-state index contributed by atoms with van der Waals surface area (Å²) in [7, 11) is 0. The lowest BCUT2D eigenvalue weighted by Crippen LogP contribution is -2.42. The Morgan fingerprint density at radius 2 is 1.60 bits per heavy atom. The van der Waals surface area contributed by atoms with E-state index in [1.807, 2.05) is 55.5 Å². The maximum absolute atomic E-state index is 14.1. The standard InChI is InChI=1S/C41H52N8O3S/c1-8-33(52-34-24-19-28(40(4,5)9-2)27-32(34)41(6,7)10-3)37(50)42-29-20-22-31(23-21-29)48-38(51)35(36(44-48)47-25-15-12-16-26-47)53-39-43-45-46-49(39)30-17-13-11-14-18-30/h11,13-14,17-24,27,33,35H,8-10,12,15-16,25-26H2,1-7H3,(H,42,50). The molecule has 3 aromatic carbocycles. The van der Waals surface area contributed by atoms with Gasteiger partial charge in [-0.05, 0) is 108 Å². The first-order chi connectivity index (χ1) is 25.5. The Morgan fingerprint density at radius 3 is 2.26 bits per heavy atom. The predicted molar refractivity (Wildman–Crippen MR) is 212 cm³/mol. The van der Waals surface area contributed by atoms with Gasteiger partial charge in [0.05, 0.1) is 11.4 Å². The zero-order valence-corrected chi connectivity index (χ0v) is 32.8. The van der Waals surface area contributed by atoms with E-state index in [1.54, 1.807) is 16.8 Å². The van der Waals surface area contributed by atoms with Crippen LogP contribution in [0.15, 0.2) is 83.1 Å². The van der Waals surface area contributed by atoms with Crippen LogP contribution in [0.25, 0.3) is 5.69 Å². The fourth-order valence-corrected chi connectivity index (χ4v) is 7.55. The zero-order valence-electron chi connectivity index (χ0n) is 32.0. The second kappa shape index (κ2) is 16.1. The summed E-state index contributed by atoms with van der Waals surface area (Å²) < 4.78 is 8.14. The van der Waals surface area contributed by atoms with Crippen molar-refractivity contribution in [3.63, 3.8) is 0 Å². The Morgan fingerprint density at radius 1 is 0.906 bits per heavy atom. The van der Waals surface area contributed by atoms with Gasteiger partial charge in [0.15, 0.2) is 11.4 Å². The number of nitrogens with zero attached hydrogens (tertiary/aromatic N) is 7. The minimum Gasteiger partial charge on any atom is -0.480 e. The third-order valence-electron chi connectivity index (χ3n) is 10.8. The number of hydrogen-bond acceptors (Lipinski definition) is 9. The lowest BCUT2D eigenvalue weighted by Gasteiger charge is -2.31. The summed E-state index contributed by atoms with van der Waals surface area (Å²) in [5, 5.41) is 21.6. The molecule has 280 valence electrons. The molecule has 0 aliphatic carbocycles. The van der Waals surface area contributed by atoms with Crippen molar-refractivity contribution in [2.45, 2.75) is 114 Å². The van der Waals surface area contributed by atoms with E-state index in [4.69, 9.17) is 9.84 Å². The van der Waals surface area contributed by atoms with Gasteiger partial charge in [-0.1, -0.05) is 90.6 Å². The van der Waals surface area contributed by atoms with E-state index in [0.717, 1.165) is 62.2 Å². The number of tetrazole rings is 1. The number of piperidine rings is 1. The molecule has 1 aromatic heterocycles. The van der Waals surface area contributed by atoms with Crippen LogP contribution in [0.1, 0.15) is 98.1 Å². The average Bonchev–Trinajstić information content (AvgIpc) is 3.78. The molecule has 2 unspecified atom stereocenters. The highest BCUT2D eigenvalue weighted by atomic mass is 32.2. The van der Waals surface area contributed by atoms with Gasteiger partial charge in [-0.25, -0.2) is 0 Å². The molecule has 1 fully saturated rings. The number of para-hydroxylation sites is 1. The van der Waals surface area contributed by atoms with Crippen LogP contribution in [-0.4, -0.2) is 67.2 Å². The number of anilines is 2. The van der Waals surface area contributed by atoms with Gasteiger partial charge in [-0.15, -0.1) is 5.10 Å². The highest BCUT2D eigenvalue weighted by Gasteiger charge is 2.42. The predicted octanol–water partition coefficient (Wildman–Crippen LogP) is 8.14. The van der Waals surface area contributed by atoms with E-state index >= 15 is 0 Å². The van der Waals surface area contributed by atoms with Crippen molar-refractivity contribution in [2.75, 3.05) is 23.4 Å². The molecule has 0 saturated carbocycles. The van der Waals surface area contributed by atoms with Gasteiger partial charge in [0.25, 0.3) is 11.8 Å². The van der Waals surface area contributed by atoms with Gasteiger partial charge >= 0.3 is 0 Å². The number of rotatable bonds is 13. The monoisotopic (exact) mass is 736 g/mol. The van der Waals surface area contributed by atoms with Gasteiger partial charge in [0.1, 0.15) is 11.6 Å². The van der Waals surface area contributed by atoms with E-state index < -0.39 is 11.4 Å². The van der Waals surface area contributed by atoms with Crippen LogP contribution in [0.2, 0.25) is 0 Å². The van der Waals surface area contributed by atoms with E-state index in [-0.39, 0.29) is 22.6 Å². The summed E-state index contributed by atoms with van der Waals surface area (Å²) in [6, 6.07) is 23.3. The van der Waals surface area contributed by atoms with Crippen molar-refractivity contribution in [1.29, 1.82) is 0 Å². The van der Waals surface area contributed by atoms with E-state index in [9.17, 15) is 9.59 Å². The topological polar surface area (TPSA) is 118 Å². The first-order valence-electron chi connectivity index (χ1n) is 18.9. The second-order valence-corrected chi connectivity index (χ2v) is 16.2. The second-order valence-electron chi connectivity index (χ2n) is 15.1. The van der Waals surface area contributed by atoms with Crippen molar-refractivity contribution >= 4 is 40.8 Å². The lowest BCUT2D eigenvalue weighted by atomic mass is 9.76. The number of carbonyl (C=O) groups excluding carboxylic acids is 2. The molecule has 6 rings (SSSR count). The smallest absolute Gasteiger partial charge is 0.268 e. The summed E-state index contributed by atoms with van der Waals surface area (Å²) in [6.07, 6.45) is 5.01. The minimum atomic E-state index is -0.687. The van der Waals surface area contributed by atoms with Crippen molar-refractivity contribution in [3.8, 4) is 11.4 Å². The van der Waals surface area contributed by atoms with Crippen LogP contribution < -0.4 is 15.1 Å². The quantitative estimate of drug-likeness (QED) is 0.146. The molecule has 53 heavy (non-hydrogen) atoms. The largest absolute Gasteiger partial charge is 0.480 e. The van der Waals surface area contributed by atoms with E-state index in [0.29, 0.717) is 28.8 Å². The fraction of sp³-hybridized carbons (Fsp3) is 0.463. The van der Waals surface area contributed by atoms with Gasteiger partial charge < -0.3 is 15.0 Å². The number of likely N-dealkylation sites (tertiary alicyclic amines) is 1. The zero-order chi connectivity index (χ0) is 37.8. The van der Waals surface area contributed by atoms with Crippen LogP contribution in [0.4, 0.5) is 11.4 Å². The number of hydrogen-bond donors (Lipinski definition) is 1. The molecule has 3 heterocycles. The third kappa shape index (κ3) is 8.27. The molecule has 4 aromatic rings. The third-order valence-corrected chi connectivity index (χ3v) is 11.9. The van der Waals surface area contributed by atoms with Crippen LogP contribution in [0.5, 0.6) is 5.75 Å². The summed E-state index contributed by atoms with van der Waals surface area (Å²) in [4.78, 5) is 30.0. The van der Waals surface area contributed by atoms with E-state index in [1.165, 1.54) is 22.3 Å². The number of aromatic nitrogens is 4. The van der Waals surface area contributed by atoms with Gasteiger partial charge in [-0.3, -0.25) is 9.59 Å². The molecular weight excluding hydrogens is 685 g/mol. The molecule has 1 N–H and O–H groups in total. The minimum absolute atomic E-state index is 0.0331. The number of ether oxygens (including phenoxy) is 1. The summed E-state index contributed by atoms with van der Waals surface area (Å²) >= 11 is 1.30. The van der Waals surface area contributed by atoms with Crippen LogP contribution in [-0.2, 0) is 20.4 Å². The van der Waals surface area contributed by atoms with Crippen molar-refractivity contribution in [2.24, 2.45) is 5.10 Å². The molecule has 11 nitrogen and oxygen atoms in total. The number of amides is 2. The Bertz CT molecular complexity index is 1920. The van der Waals surface area contributed by atoms with Gasteiger partial charge in [0, 0.05) is 24.3 Å². The van der Waals surface area contributed by atoms with Crippen LogP contribution in [0.3, 0.4) is 0 Å². The Balaban J connectivity index is 1.19. The molecular formula is C41H52N8O3S. The summed E-state index contributed by atoms with van der Waals surface area (Å²) in [6.45, 7) is 17.0. The van der Waals surface area contributed by atoms with Crippen LogP contribution in [0, 0.1) is 0 Å². The van der Waals surface area contributed by atoms with Crippen LogP contribution >= 0.6 is 11.8 Å². The van der Waals surface area contributed by atoms with Crippen molar-refractivity contribution in [1.82, 2.24) is 25.1 Å². The Hall–Kier alpha value is -4.71. The maximum atomic E-state index is 14.1. The van der Waals surface area contributed by atoms with Gasteiger partial charge in [0.2, 0.25) is 5.16 Å².